The molecular formula is C13H22N4O. The molecule has 5 heteroatoms. The molecular weight excluding hydrogens is 228 g/mol. The van der Waals surface area contributed by atoms with Crippen LogP contribution in [0.2, 0.25) is 0 Å². The van der Waals surface area contributed by atoms with Crippen molar-refractivity contribution in [2.45, 2.75) is 13.5 Å². The number of methoxy groups -OCH3 is 1. The SMILES string of the molecule is COCCN1CCN(Cc2cnc(C)nc2)CC1. The van der Waals surface area contributed by atoms with Crippen LogP contribution in [0.4, 0.5) is 0 Å². The van der Waals surface area contributed by atoms with Crippen molar-refractivity contribution < 1.29 is 4.74 Å². The first-order valence-electron chi connectivity index (χ1n) is 6.49. The molecule has 1 aromatic heterocycles. The fraction of sp³-hybridized carbons (Fsp3) is 0.692. The van der Waals surface area contributed by atoms with E-state index in [-0.39, 0.29) is 0 Å². The highest BCUT2D eigenvalue weighted by molar-refractivity contribution is 5.04. The quantitative estimate of drug-likeness (QED) is 0.763. The van der Waals surface area contributed by atoms with Gasteiger partial charge in [-0.05, 0) is 6.92 Å². The summed E-state index contributed by atoms with van der Waals surface area (Å²) in [6.45, 7) is 9.20. The molecule has 0 radical (unpaired) electrons. The van der Waals surface area contributed by atoms with Crippen molar-refractivity contribution in [2.75, 3.05) is 46.4 Å². The molecule has 1 aliphatic rings. The number of nitrogens with zero attached hydrogens (tertiary/aromatic N) is 4. The summed E-state index contributed by atoms with van der Waals surface area (Å²) < 4.78 is 5.11. The van der Waals surface area contributed by atoms with Crippen molar-refractivity contribution in [1.29, 1.82) is 0 Å². The molecule has 1 aliphatic heterocycles. The van der Waals surface area contributed by atoms with E-state index in [1.165, 1.54) is 5.56 Å². The number of hydrogen-bond donors (Lipinski definition) is 0. The van der Waals surface area contributed by atoms with Crippen molar-refractivity contribution in [3.8, 4) is 0 Å². The zero-order valence-corrected chi connectivity index (χ0v) is 11.3. The molecule has 0 aromatic carbocycles. The third-order valence-corrected chi connectivity index (χ3v) is 3.32. The topological polar surface area (TPSA) is 41.5 Å². The van der Waals surface area contributed by atoms with Crippen molar-refractivity contribution in [1.82, 2.24) is 19.8 Å². The van der Waals surface area contributed by atoms with E-state index in [0.717, 1.165) is 51.7 Å². The van der Waals surface area contributed by atoms with Crippen LogP contribution in [0.5, 0.6) is 0 Å². The molecule has 0 unspecified atom stereocenters. The van der Waals surface area contributed by atoms with Gasteiger partial charge in [0.1, 0.15) is 5.82 Å². The van der Waals surface area contributed by atoms with E-state index < -0.39 is 0 Å². The van der Waals surface area contributed by atoms with E-state index in [1.807, 2.05) is 19.3 Å². The molecule has 5 nitrogen and oxygen atoms in total. The molecule has 0 saturated carbocycles. The first-order valence-corrected chi connectivity index (χ1v) is 6.49. The molecule has 0 N–H and O–H groups in total. The van der Waals surface area contributed by atoms with Crippen molar-refractivity contribution in [2.24, 2.45) is 0 Å². The second kappa shape index (κ2) is 6.78. The van der Waals surface area contributed by atoms with Gasteiger partial charge in [0.15, 0.2) is 0 Å². The third-order valence-electron chi connectivity index (χ3n) is 3.32. The Labute approximate surface area is 109 Å². The van der Waals surface area contributed by atoms with E-state index in [1.54, 1.807) is 7.11 Å². The monoisotopic (exact) mass is 250 g/mol. The van der Waals surface area contributed by atoms with Crippen LogP contribution in [0.25, 0.3) is 0 Å². The van der Waals surface area contributed by atoms with Gasteiger partial charge in [-0.3, -0.25) is 9.80 Å². The molecule has 0 amide bonds. The van der Waals surface area contributed by atoms with E-state index >= 15 is 0 Å². The Kier molecular flexibility index (Phi) is 5.04. The maximum Gasteiger partial charge on any atom is 0.125 e. The first kappa shape index (κ1) is 13.4. The first-order chi connectivity index (χ1) is 8.78. The average Bonchev–Trinajstić information content (AvgIpc) is 2.41. The smallest absolute Gasteiger partial charge is 0.125 e. The highest BCUT2D eigenvalue weighted by atomic mass is 16.5. The fourth-order valence-electron chi connectivity index (χ4n) is 2.15. The van der Waals surface area contributed by atoms with Crippen LogP contribution >= 0.6 is 0 Å². The predicted molar refractivity (Wildman–Crippen MR) is 70.4 cm³/mol. The summed E-state index contributed by atoms with van der Waals surface area (Å²) in [7, 11) is 1.76. The maximum atomic E-state index is 5.11. The van der Waals surface area contributed by atoms with Crippen molar-refractivity contribution >= 4 is 0 Å². The molecule has 0 bridgehead atoms. The number of hydrogen-bond acceptors (Lipinski definition) is 5. The van der Waals surface area contributed by atoms with Crippen LogP contribution in [0, 0.1) is 6.92 Å². The number of piperazine rings is 1. The third kappa shape index (κ3) is 4.01. The fourth-order valence-corrected chi connectivity index (χ4v) is 2.15. The molecule has 0 aliphatic carbocycles. The Bertz CT molecular complexity index is 347. The summed E-state index contributed by atoms with van der Waals surface area (Å²) in [5.74, 6) is 0.836. The Morgan fingerprint density at radius 3 is 2.33 bits per heavy atom. The lowest BCUT2D eigenvalue weighted by molar-refractivity contribution is 0.0937. The van der Waals surface area contributed by atoms with Crippen LogP contribution in [0.1, 0.15) is 11.4 Å². The molecule has 0 spiro atoms. The zero-order valence-electron chi connectivity index (χ0n) is 11.3. The highest BCUT2D eigenvalue weighted by Crippen LogP contribution is 2.07. The molecule has 100 valence electrons. The van der Waals surface area contributed by atoms with E-state index in [4.69, 9.17) is 4.74 Å². The second-order valence-electron chi connectivity index (χ2n) is 4.75. The number of rotatable bonds is 5. The van der Waals surface area contributed by atoms with E-state index in [0.29, 0.717) is 0 Å². The Morgan fingerprint density at radius 1 is 1.11 bits per heavy atom. The van der Waals surface area contributed by atoms with Gasteiger partial charge >= 0.3 is 0 Å². The molecule has 2 heterocycles. The zero-order chi connectivity index (χ0) is 12.8. The molecule has 18 heavy (non-hydrogen) atoms. The molecule has 0 atom stereocenters. The minimum Gasteiger partial charge on any atom is -0.383 e. The van der Waals surface area contributed by atoms with Gasteiger partial charge in [0.25, 0.3) is 0 Å². The van der Waals surface area contributed by atoms with Crippen LogP contribution in [-0.4, -0.2) is 66.2 Å². The van der Waals surface area contributed by atoms with E-state index in [2.05, 4.69) is 19.8 Å². The molecule has 1 aromatic rings. The van der Waals surface area contributed by atoms with Gasteiger partial charge in [-0.15, -0.1) is 0 Å². The van der Waals surface area contributed by atoms with Gasteiger partial charge in [-0.1, -0.05) is 0 Å². The number of aromatic nitrogens is 2. The predicted octanol–water partition coefficient (Wildman–Crippen LogP) is 0.549. The lowest BCUT2D eigenvalue weighted by Crippen LogP contribution is -2.46. The van der Waals surface area contributed by atoms with Gasteiger partial charge in [0, 0.05) is 64.3 Å². The summed E-state index contributed by atoms with van der Waals surface area (Å²) in [5, 5.41) is 0. The minimum absolute atomic E-state index is 0.825. The minimum atomic E-state index is 0.825. The number of ether oxygens (including phenoxy) is 1. The van der Waals surface area contributed by atoms with Gasteiger partial charge in [0.2, 0.25) is 0 Å². The molecule has 1 fully saturated rings. The summed E-state index contributed by atoms with van der Waals surface area (Å²) in [4.78, 5) is 13.4. The Balaban J connectivity index is 1.74. The Morgan fingerprint density at radius 2 is 1.72 bits per heavy atom. The molecule has 1 saturated heterocycles. The molecule has 2 rings (SSSR count). The lowest BCUT2D eigenvalue weighted by Gasteiger charge is -2.34. The Hall–Kier alpha value is -1.04. The largest absolute Gasteiger partial charge is 0.383 e. The van der Waals surface area contributed by atoms with Crippen molar-refractivity contribution in [3.63, 3.8) is 0 Å². The summed E-state index contributed by atoms with van der Waals surface area (Å²) >= 11 is 0. The normalized spacial score (nSPS) is 18.1. The summed E-state index contributed by atoms with van der Waals surface area (Å²) in [6, 6.07) is 0. The highest BCUT2D eigenvalue weighted by Gasteiger charge is 2.16. The van der Waals surface area contributed by atoms with Crippen LogP contribution < -0.4 is 0 Å². The standard InChI is InChI=1S/C13H22N4O/c1-12-14-9-13(10-15-12)11-17-5-3-16(4-6-17)7-8-18-2/h9-10H,3-8,11H2,1-2H3. The summed E-state index contributed by atoms with van der Waals surface area (Å²) in [5.41, 5.74) is 1.20. The van der Waals surface area contributed by atoms with Crippen LogP contribution in [-0.2, 0) is 11.3 Å². The average molecular weight is 250 g/mol. The maximum absolute atomic E-state index is 5.11. The van der Waals surface area contributed by atoms with Gasteiger partial charge in [0.05, 0.1) is 6.61 Å². The summed E-state index contributed by atoms with van der Waals surface area (Å²) in [6.07, 6.45) is 3.86. The van der Waals surface area contributed by atoms with E-state index in [9.17, 15) is 0 Å². The van der Waals surface area contributed by atoms with Crippen LogP contribution in [0.15, 0.2) is 12.4 Å². The lowest BCUT2D eigenvalue weighted by atomic mass is 10.2. The van der Waals surface area contributed by atoms with Gasteiger partial charge in [-0.2, -0.15) is 0 Å². The van der Waals surface area contributed by atoms with Gasteiger partial charge in [-0.25, -0.2) is 9.97 Å². The van der Waals surface area contributed by atoms with Gasteiger partial charge < -0.3 is 4.74 Å². The second-order valence-corrected chi connectivity index (χ2v) is 4.75. The number of aryl methyl sites for hydroxylation is 1. The van der Waals surface area contributed by atoms with Crippen LogP contribution in [0.3, 0.4) is 0 Å². The van der Waals surface area contributed by atoms with Crippen molar-refractivity contribution in [3.05, 3.63) is 23.8 Å².